The maximum Gasteiger partial charge on any atom is 0.263 e. The molecule has 0 fully saturated rings. The van der Waals surface area contributed by atoms with E-state index in [1.807, 2.05) is 30.3 Å². The summed E-state index contributed by atoms with van der Waals surface area (Å²) in [7, 11) is 0. The van der Waals surface area contributed by atoms with Gasteiger partial charge in [0.05, 0.1) is 6.20 Å². The number of nitrogens with two attached hydrogens (primary N) is 1. The molecule has 0 saturated carbocycles. The molecule has 1 aromatic heterocycles. The molecule has 2 aromatic rings. The van der Waals surface area contributed by atoms with E-state index in [1.165, 1.54) is 11.3 Å². The molecule has 1 heterocycles. The lowest BCUT2D eigenvalue weighted by Crippen LogP contribution is -2.28. The van der Waals surface area contributed by atoms with Crippen molar-refractivity contribution in [2.75, 3.05) is 13.1 Å². The molecule has 1 amide bonds. The quantitative estimate of drug-likeness (QED) is 0.860. The van der Waals surface area contributed by atoms with Gasteiger partial charge in [-0.2, -0.15) is 0 Å². The normalized spacial score (nSPS) is 10.2. The van der Waals surface area contributed by atoms with Gasteiger partial charge in [-0.25, -0.2) is 4.98 Å². The van der Waals surface area contributed by atoms with Crippen LogP contribution in [-0.2, 0) is 0 Å². The van der Waals surface area contributed by atoms with Gasteiger partial charge in [-0.1, -0.05) is 30.3 Å². The van der Waals surface area contributed by atoms with Crippen molar-refractivity contribution in [3.63, 3.8) is 0 Å². The van der Waals surface area contributed by atoms with Crippen molar-refractivity contribution in [2.45, 2.75) is 0 Å². The zero-order chi connectivity index (χ0) is 12.1. The van der Waals surface area contributed by atoms with Crippen LogP contribution in [0.1, 0.15) is 9.67 Å². The van der Waals surface area contributed by atoms with Gasteiger partial charge in [0.15, 0.2) is 0 Å². The number of benzene rings is 1. The van der Waals surface area contributed by atoms with Gasteiger partial charge in [0.1, 0.15) is 9.88 Å². The summed E-state index contributed by atoms with van der Waals surface area (Å²) in [6.07, 6.45) is 1.60. The maximum absolute atomic E-state index is 11.7. The monoisotopic (exact) mass is 247 g/mol. The Labute approximate surface area is 103 Å². The topological polar surface area (TPSA) is 68.0 Å². The molecule has 0 unspecified atom stereocenters. The van der Waals surface area contributed by atoms with Crippen molar-refractivity contribution in [1.82, 2.24) is 10.3 Å². The minimum Gasteiger partial charge on any atom is -0.350 e. The van der Waals surface area contributed by atoms with Crippen molar-refractivity contribution in [3.05, 3.63) is 41.4 Å². The number of thiazole rings is 1. The summed E-state index contributed by atoms with van der Waals surface area (Å²) in [6, 6.07) is 9.79. The van der Waals surface area contributed by atoms with Crippen molar-refractivity contribution in [1.29, 1.82) is 0 Å². The number of rotatable bonds is 4. The first-order chi connectivity index (χ1) is 8.31. The maximum atomic E-state index is 11.7. The lowest BCUT2D eigenvalue weighted by molar-refractivity contribution is 0.0958. The molecule has 5 heteroatoms. The van der Waals surface area contributed by atoms with Gasteiger partial charge < -0.3 is 11.1 Å². The Bertz CT molecular complexity index is 495. The van der Waals surface area contributed by atoms with Crippen LogP contribution in [-0.4, -0.2) is 24.0 Å². The Kier molecular flexibility index (Phi) is 3.85. The first-order valence-electron chi connectivity index (χ1n) is 5.31. The van der Waals surface area contributed by atoms with Crippen molar-refractivity contribution in [3.8, 4) is 10.6 Å². The molecular weight excluding hydrogens is 234 g/mol. The molecule has 0 aliphatic heterocycles. The summed E-state index contributed by atoms with van der Waals surface area (Å²) in [5.74, 6) is -0.116. The largest absolute Gasteiger partial charge is 0.350 e. The highest BCUT2D eigenvalue weighted by Gasteiger charge is 2.10. The highest BCUT2D eigenvalue weighted by Crippen LogP contribution is 2.24. The molecule has 3 N–H and O–H groups in total. The molecule has 0 aliphatic carbocycles. The Morgan fingerprint density at radius 1 is 1.35 bits per heavy atom. The summed E-state index contributed by atoms with van der Waals surface area (Å²) >= 11 is 1.38. The summed E-state index contributed by atoms with van der Waals surface area (Å²) < 4.78 is 0. The fraction of sp³-hybridized carbons (Fsp3) is 0.167. The summed E-state index contributed by atoms with van der Waals surface area (Å²) in [5.41, 5.74) is 6.35. The molecule has 0 spiro atoms. The van der Waals surface area contributed by atoms with Crippen LogP contribution in [0, 0.1) is 0 Å². The second-order valence-corrected chi connectivity index (χ2v) is 4.47. The van der Waals surface area contributed by atoms with Crippen molar-refractivity contribution in [2.24, 2.45) is 5.73 Å². The van der Waals surface area contributed by atoms with Gasteiger partial charge in [-0.05, 0) is 0 Å². The molecule has 0 saturated heterocycles. The molecule has 0 radical (unpaired) electrons. The van der Waals surface area contributed by atoms with E-state index >= 15 is 0 Å². The number of carbonyl (C=O) groups excluding carboxylic acids is 1. The lowest BCUT2D eigenvalue weighted by atomic mass is 10.2. The smallest absolute Gasteiger partial charge is 0.263 e. The zero-order valence-corrected chi connectivity index (χ0v) is 10.0. The van der Waals surface area contributed by atoms with Crippen LogP contribution in [0.25, 0.3) is 10.6 Å². The van der Waals surface area contributed by atoms with E-state index in [2.05, 4.69) is 10.3 Å². The van der Waals surface area contributed by atoms with Gasteiger partial charge in [0, 0.05) is 18.7 Å². The van der Waals surface area contributed by atoms with Crippen LogP contribution in [0.15, 0.2) is 36.5 Å². The lowest BCUT2D eigenvalue weighted by Gasteiger charge is -1.98. The summed E-state index contributed by atoms with van der Waals surface area (Å²) in [6.45, 7) is 0.924. The van der Waals surface area contributed by atoms with Gasteiger partial charge in [-0.3, -0.25) is 4.79 Å². The Morgan fingerprint density at radius 3 is 2.82 bits per heavy atom. The first-order valence-corrected chi connectivity index (χ1v) is 6.12. The minimum absolute atomic E-state index is 0.116. The van der Waals surface area contributed by atoms with Crippen LogP contribution in [0.2, 0.25) is 0 Å². The molecule has 0 aliphatic rings. The molecule has 0 atom stereocenters. The number of carbonyl (C=O) groups is 1. The second-order valence-electron chi connectivity index (χ2n) is 3.44. The van der Waals surface area contributed by atoms with E-state index in [1.54, 1.807) is 6.20 Å². The van der Waals surface area contributed by atoms with Crippen LogP contribution < -0.4 is 11.1 Å². The number of nitrogens with zero attached hydrogens (tertiary/aromatic N) is 1. The van der Waals surface area contributed by atoms with Gasteiger partial charge in [0.25, 0.3) is 5.91 Å². The molecule has 1 aromatic carbocycles. The molecule has 4 nitrogen and oxygen atoms in total. The van der Waals surface area contributed by atoms with E-state index in [0.29, 0.717) is 18.0 Å². The Balaban J connectivity index is 2.14. The van der Waals surface area contributed by atoms with Crippen molar-refractivity contribution >= 4 is 17.2 Å². The number of amides is 1. The molecule has 17 heavy (non-hydrogen) atoms. The molecule has 88 valence electrons. The van der Waals surface area contributed by atoms with E-state index < -0.39 is 0 Å². The Hall–Kier alpha value is -1.72. The number of nitrogens with one attached hydrogen (secondary N) is 1. The third-order valence-electron chi connectivity index (χ3n) is 2.18. The zero-order valence-electron chi connectivity index (χ0n) is 9.22. The molecule has 2 rings (SSSR count). The number of aromatic nitrogens is 1. The van der Waals surface area contributed by atoms with Crippen LogP contribution >= 0.6 is 11.3 Å². The predicted molar refractivity (Wildman–Crippen MR) is 68.9 cm³/mol. The highest BCUT2D eigenvalue weighted by atomic mass is 32.1. The van der Waals surface area contributed by atoms with Gasteiger partial charge >= 0.3 is 0 Å². The third kappa shape index (κ3) is 2.89. The summed E-state index contributed by atoms with van der Waals surface area (Å²) in [5, 5.41) is 3.57. The average Bonchev–Trinajstić information content (AvgIpc) is 2.86. The summed E-state index contributed by atoms with van der Waals surface area (Å²) in [4.78, 5) is 16.5. The number of hydrogen-bond donors (Lipinski definition) is 2. The van der Waals surface area contributed by atoms with E-state index in [0.717, 1.165) is 10.6 Å². The van der Waals surface area contributed by atoms with E-state index in [4.69, 9.17) is 5.73 Å². The van der Waals surface area contributed by atoms with Gasteiger partial charge in [0.2, 0.25) is 0 Å². The van der Waals surface area contributed by atoms with Crippen LogP contribution in [0.3, 0.4) is 0 Å². The minimum atomic E-state index is -0.116. The Morgan fingerprint density at radius 2 is 2.12 bits per heavy atom. The second kappa shape index (κ2) is 5.56. The molecular formula is C12H13N3OS. The van der Waals surface area contributed by atoms with Crippen molar-refractivity contribution < 1.29 is 4.79 Å². The molecule has 0 bridgehead atoms. The SMILES string of the molecule is NCCNC(=O)c1cnc(-c2ccccc2)s1. The highest BCUT2D eigenvalue weighted by molar-refractivity contribution is 7.16. The fourth-order valence-electron chi connectivity index (χ4n) is 1.37. The predicted octanol–water partition coefficient (Wildman–Crippen LogP) is 1.50. The standard InChI is InChI=1S/C12H13N3OS/c13-6-7-14-11(16)10-8-15-12(17-10)9-4-2-1-3-5-9/h1-5,8H,6-7,13H2,(H,14,16). The third-order valence-corrected chi connectivity index (χ3v) is 3.23. The average molecular weight is 247 g/mol. The fourth-order valence-corrected chi connectivity index (χ4v) is 2.20. The number of hydrogen-bond acceptors (Lipinski definition) is 4. The van der Waals surface area contributed by atoms with Gasteiger partial charge in [-0.15, -0.1) is 11.3 Å². The first kappa shape index (κ1) is 11.8. The van der Waals surface area contributed by atoms with Crippen LogP contribution in [0.5, 0.6) is 0 Å². The van der Waals surface area contributed by atoms with E-state index in [-0.39, 0.29) is 5.91 Å². The van der Waals surface area contributed by atoms with E-state index in [9.17, 15) is 4.79 Å². The van der Waals surface area contributed by atoms with Crippen LogP contribution in [0.4, 0.5) is 0 Å².